The largest absolute Gasteiger partial charge is 0.494 e. The van der Waals surface area contributed by atoms with Gasteiger partial charge in [0, 0.05) is 13.1 Å². The summed E-state index contributed by atoms with van der Waals surface area (Å²) in [7, 11) is 0. The van der Waals surface area contributed by atoms with Gasteiger partial charge in [-0.2, -0.15) is 0 Å². The molecule has 8 rings (SSSR count). The molecule has 4 heterocycles. The lowest BCUT2D eigenvalue weighted by Crippen LogP contribution is -2.59. The first kappa shape index (κ1) is 56.2. The summed E-state index contributed by atoms with van der Waals surface area (Å²) in [6.07, 6.45) is -2.50. The van der Waals surface area contributed by atoms with E-state index in [1.165, 1.54) is 0 Å². The molecular formula is C56H70N6O14. The monoisotopic (exact) mass is 1050 g/mol. The van der Waals surface area contributed by atoms with E-state index in [4.69, 9.17) is 28.4 Å². The predicted octanol–water partition coefficient (Wildman–Crippen LogP) is 3.79. The lowest BCUT2D eigenvalue weighted by molar-refractivity contribution is -0.304. The molecule has 2 saturated heterocycles. The molecule has 0 bridgehead atoms. The van der Waals surface area contributed by atoms with Gasteiger partial charge in [-0.25, -0.2) is 0 Å². The quantitative estimate of drug-likeness (QED) is 0.0256. The molecule has 2 aliphatic heterocycles. The number of ether oxygens (including phenoxy) is 6. The number of aliphatic hydroxyl groups excluding tert-OH is 8. The zero-order valence-electron chi connectivity index (χ0n) is 42.3. The molecule has 2 aliphatic rings. The van der Waals surface area contributed by atoms with Gasteiger partial charge in [-0.15, -0.1) is 10.2 Å². The van der Waals surface area contributed by atoms with Crippen molar-refractivity contribution >= 4 is 11.1 Å². The van der Waals surface area contributed by atoms with E-state index in [9.17, 15) is 40.9 Å². The molecule has 0 amide bonds. The Bertz CT molecular complexity index is 2470. The molecule has 76 heavy (non-hydrogen) atoms. The molecular weight excluding hydrogens is 981 g/mol. The first-order chi connectivity index (χ1) is 37.1. The summed E-state index contributed by atoms with van der Waals surface area (Å²) in [6, 6.07) is 37.4. The highest BCUT2D eigenvalue weighted by Gasteiger charge is 2.45. The third-order valence-electron chi connectivity index (χ3n) is 13.4. The Kier molecular flexibility index (Phi) is 21.0. The third kappa shape index (κ3) is 15.1. The number of hydrogen-bond donors (Lipinski definition) is 8. The van der Waals surface area contributed by atoms with Crippen molar-refractivity contribution in [1.82, 2.24) is 30.0 Å². The fourth-order valence-electron chi connectivity index (χ4n) is 9.17. The molecule has 6 aromatic rings. The van der Waals surface area contributed by atoms with E-state index in [2.05, 4.69) is 93.4 Å². The van der Waals surface area contributed by atoms with Crippen LogP contribution >= 0.6 is 0 Å². The third-order valence-corrected chi connectivity index (χ3v) is 13.4. The van der Waals surface area contributed by atoms with Crippen LogP contribution in [0.5, 0.6) is 11.5 Å². The average Bonchev–Trinajstić information content (AvgIpc) is 4.12. The molecule has 10 atom stereocenters. The second kappa shape index (κ2) is 28.4. The molecule has 20 nitrogen and oxygen atoms in total. The van der Waals surface area contributed by atoms with Crippen molar-refractivity contribution in [2.75, 3.05) is 26.4 Å². The number of benzene rings is 4. The van der Waals surface area contributed by atoms with Gasteiger partial charge >= 0.3 is 0 Å². The maximum atomic E-state index is 10.2. The van der Waals surface area contributed by atoms with Crippen LogP contribution in [-0.2, 0) is 45.3 Å². The van der Waals surface area contributed by atoms with Crippen LogP contribution in [0.2, 0.25) is 0 Å². The van der Waals surface area contributed by atoms with Crippen LogP contribution in [0, 0.1) is 0 Å². The van der Waals surface area contributed by atoms with Gasteiger partial charge in [0.25, 0.3) is 0 Å². The first-order valence-electron chi connectivity index (χ1n) is 26.0. The van der Waals surface area contributed by atoms with E-state index in [0.717, 1.165) is 96.3 Å². The Morgan fingerprint density at radius 2 is 0.803 bits per heavy atom. The Morgan fingerprint density at radius 1 is 0.434 bits per heavy atom. The molecule has 4 aromatic carbocycles. The Morgan fingerprint density at radius 3 is 1.18 bits per heavy atom. The first-order valence-corrected chi connectivity index (χ1v) is 26.0. The van der Waals surface area contributed by atoms with Crippen LogP contribution in [0.3, 0.4) is 0 Å². The molecule has 0 aliphatic carbocycles. The second-order valence-electron chi connectivity index (χ2n) is 19.0. The Hall–Kier alpha value is -5.98. The molecule has 408 valence electrons. The van der Waals surface area contributed by atoms with Crippen LogP contribution in [0.25, 0.3) is 11.1 Å². The van der Waals surface area contributed by atoms with Crippen LogP contribution in [0.4, 0.5) is 0 Å². The topological polar surface area (TPSA) is 279 Å². The number of rotatable bonds is 28. The number of aryl methyl sites for hydroxylation is 2. The highest BCUT2D eigenvalue weighted by molar-refractivity contribution is 6.04. The number of aliphatic hydroxyl groups is 8. The normalized spacial score (nSPS) is 24.1. The summed E-state index contributed by atoms with van der Waals surface area (Å²) in [5, 5.41) is 95.8. The maximum absolute atomic E-state index is 10.2. The summed E-state index contributed by atoms with van der Waals surface area (Å²) in [5.41, 5.74) is 7.50. The molecule has 0 spiro atoms. The Balaban J connectivity index is 0.780. The van der Waals surface area contributed by atoms with Gasteiger partial charge < -0.3 is 69.3 Å². The van der Waals surface area contributed by atoms with Crippen LogP contribution in [0.15, 0.2) is 122 Å². The molecule has 8 N–H and O–H groups in total. The Labute approximate surface area is 441 Å². The number of unbranched alkanes of at least 4 members (excludes halogenated alkanes) is 6. The van der Waals surface area contributed by atoms with E-state index < -0.39 is 74.6 Å². The minimum atomic E-state index is -1.51. The summed E-state index contributed by atoms with van der Waals surface area (Å²) < 4.78 is 37.8. The van der Waals surface area contributed by atoms with Crippen molar-refractivity contribution in [2.24, 2.45) is 0 Å². The van der Waals surface area contributed by atoms with Crippen molar-refractivity contribution in [2.45, 2.75) is 139 Å². The number of hydrogen-bond acceptors (Lipinski definition) is 18. The molecule has 0 unspecified atom stereocenters. The zero-order valence-corrected chi connectivity index (χ0v) is 42.3. The number of aromatic nitrogens is 6. The van der Waals surface area contributed by atoms with Crippen molar-refractivity contribution < 1.29 is 69.3 Å². The minimum absolute atomic E-state index is 0.0316. The lowest BCUT2D eigenvalue weighted by Gasteiger charge is -2.39. The maximum Gasteiger partial charge on any atom is 0.187 e. The van der Waals surface area contributed by atoms with Gasteiger partial charge in [0.1, 0.15) is 71.7 Å². The smallest absolute Gasteiger partial charge is 0.187 e. The minimum Gasteiger partial charge on any atom is -0.494 e. The van der Waals surface area contributed by atoms with E-state index in [1.54, 1.807) is 21.8 Å². The summed E-state index contributed by atoms with van der Waals surface area (Å²) in [6.45, 7) is 1.36. The summed E-state index contributed by atoms with van der Waals surface area (Å²) in [4.78, 5) is 0. The van der Waals surface area contributed by atoms with Gasteiger partial charge in [0.05, 0.1) is 52.0 Å². The summed E-state index contributed by atoms with van der Waals surface area (Å²) >= 11 is 0. The van der Waals surface area contributed by atoms with Crippen molar-refractivity contribution in [3.63, 3.8) is 0 Å². The predicted molar refractivity (Wildman–Crippen MR) is 276 cm³/mol. The highest BCUT2D eigenvalue weighted by Crippen LogP contribution is 2.38. The second-order valence-corrected chi connectivity index (χ2v) is 19.0. The zero-order chi connectivity index (χ0) is 53.2. The lowest BCUT2D eigenvalue weighted by atomic mass is 9.86. The van der Waals surface area contributed by atoms with E-state index in [-0.39, 0.29) is 13.2 Å². The van der Waals surface area contributed by atoms with Crippen LogP contribution in [-0.4, -0.2) is 159 Å². The van der Waals surface area contributed by atoms with Crippen LogP contribution in [0.1, 0.15) is 85.0 Å². The molecule has 2 fully saturated rings. The molecule has 0 radical (unpaired) electrons. The molecule has 0 saturated carbocycles. The van der Waals surface area contributed by atoms with Gasteiger partial charge in [0.2, 0.25) is 0 Å². The fraction of sp³-hybridized carbons (Fsp3) is 0.464. The van der Waals surface area contributed by atoms with E-state index >= 15 is 0 Å². The van der Waals surface area contributed by atoms with Crippen molar-refractivity contribution in [3.05, 3.63) is 155 Å². The summed E-state index contributed by atoms with van der Waals surface area (Å²) in [5.74, 6) is 1.59. The highest BCUT2D eigenvalue weighted by atomic mass is 16.7. The van der Waals surface area contributed by atoms with Gasteiger partial charge in [-0.3, -0.25) is 9.36 Å². The van der Waals surface area contributed by atoms with E-state index in [0.29, 0.717) is 37.7 Å². The standard InChI is InChI=1S/C56H70N6O14/c63-33-45-49(65)51(67)53(69)55(75-45)73-35-41-31-61(59-57-41)27-11-1-3-13-29-71-43-23-19-39(20-24-43)47(37-15-7-5-8-16-37)48(38-17-9-6-10-18-38)40-21-25-44(26-22-40)72-30-14-4-2-12-28-62-32-42(58-60-62)36-74-56-54(70)52(68)50(66)46(34-64)76-56/h5-10,15-26,31-32,45-46,49-56,63-70H,1-4,11-14,27-30,33-36H2/b48-47+/t45-,46-,49+,50+,51+,52+,53-,54-,55-,56-/m1/s1. The fourth-order valence-corrected chi connectivity index (χ4v) is 9.17. The van der Waals surface area contributed by atoms with Gasteiger partial charge in [-0.05, 0) is 96.2 Å². The van der Waals surface area contributed by atoms with Crippen molar-refractivity contribution in [1.29, 1.82) is 0 Å². The van der Waals surface area contributed by atoms with E-state index in [1.807, 2.05) is 36.4 Å². The molecule has 20 heteroatoms. The SMILES string of the molecule is OC[C@H]1O[C@@H](OCc2cn(CCCCCCOc3ccc(/C(=C(\c4ccccc4)c4ccc(OCCCCCCn5cc(CO[C@@H]6O[C@H](CO)[C@H](O)[C@H](O)[C@H]6O)nn5)cc4)c4ccccc4)cc3)nn2)[C@H](O)[C@@H](O)[C@H]1O. The van der Waals surface area contributed by atoms with Gasteiger partial charge in [0.15, 0.2) is 12.6 Å². The molecule has 2 aromatic heterocycles. The number of nitrogens with zero attached hydrogens (tertiary/aromatic N) is 6. The van der Waals surface area contributed by atoms with Crippen molar-refractivity contribution in [3.8, 4) is 11.5 Å². The van der Waals surface area contributed by atoms with Gasteiger partial charge in [-0.1, -0.05) is 108 Å². The van der Waals surface area contributed by atoms with Crippen LogP contribution < -0.4 is 9.47 Å². The average molecular weight is 1050 g/mol.